The number of alkyl halides is 1. The summed E-state index contributed by atoms with van der Waals surface area (Å²) in [5.74, 6) is -0.766. The third-order valence-electron chi connectivity index (χ3n) is 1.92. The summed E-state index contributed by atoms with van der Waals surface area (Å²) in [5.41, 5.74) is 0.965. The molecule has 0 fully saturated rings. The number of hydrogen-bond donors (Lipinski definition) is 0. The van der Waals surface area contributed by atoms with Gasteiger partial charge in [0.2, 0.25) is 0 Å². The molecule has 1 aromatic rings. The van der Waals surface area contributed by atoms with Gasteiger partial charge in [-0.05, 0) is 24.6 Å². The van der Waals surface area contributed by atoms with Gasteiger partial charge in [-0.3, -0.25) is 4.79 Å². The van der Waals surface area contributed by atoms with Crippen LogP contribution in [0.3, 0.4) is 0 Å². The summed E-state index contributed by atoms with van der Waals surface area (Å²) in [4.78, 5) is 11.3. The molecule has 0 aliphatic carbocycles. The number of carbonyl (C=O) groups is 1. The molecule has 0 atom stereocenters. The Morgan fingerprint density at radius 2 is 2.21 bits per heavy atom. The number of benzene rings is 1. The fourth-order valence-electron chi connectivity index (χ4n) is 1.18. The van der Waals surface area contributed by atoms with Crippen molar-refractivity contribution < 1.29 is 13.9 Å². The zero-order valence-corrected chi connectivity index (χ0v) is 8.69. The van der Waals surface area contributed by atoms with Gasteiger partial charge in [0.1, 0.15) is 0 Å². The number of halogens is 2. The van der Waals surface area contributed by atoms with Crippen LogP contribution in [0, 0.1) is 12.7 Å². The van der Waals surface area contributed by atoms with Crippen LogP contribution in [0.1, 0.15) is 15.9 Å². The van der Waals surface area contributed by atoms with E-state index in [0.717, 1.165) is 0 Å². The van der Waals surface area contributed by atoms with Gasteiger partial charge in [0.05, 0.1) is 13.0 Å². The molecule has 0 unspecified atom stereocenters. The lowest BCUT2D eigenvalue weighted by Gasteiger charge is -2.07. The highest BCUT2D eigenvalue weighted by atomic mass is 35.5. The largest absolute Gasteiger partial charge is 0.494 e. The summed E-state index contributed by atoms with van der Waals surface area (Å²) in [6.45, 7) is 1.66. The predicted molar refractivity (Wildman–Crippen MR) is 52.7 cm³/mol. The van der Waals surface area contributed by atoms with Gasteiger partial charge in [-0.25, -0.2) is 4.39 Å². The lowest BCUT2D eigenvalue weighted by molar-refractivity contribution is 0.102. The van der Waals surface area contributed by atoms with Crippen LogP contribution in [0.15, 0.2) is 12.1 Å². The number of Topliss-reactive ketones (excluding diaryl/α,β-unsaturated/α-hetero) is 1. The SMILES string of the molecule is COc1cc(C(=O)CCl)c(C)cc1F. The van der Waals surface area contributed by atoms with Crippen molar-refractivity contribution in [3.8, 4) is 5.75 Å². The summed E-state index contributed by atoms with van der Waals surface area (Å²) in [6, 6.07) is 2.63. The fourth-order valence-corrected chi connectivity index (χ4v) is 1.33. The van der Waals surface area contributed by atoms with Crippen LogP contribution in [-0.2, 0) is 0 Å². The van der Waals surface area contributed by atoms with Crippen molar-refractivity contribution in [2.75, 3.05) is 13.0 Å². The maximum Gasteiger partial charge on any atom is 0.177 e. The molecule has 14 heavy (non-hydrogen) atoms. The average molecular weight is 217 g/mol. The minimum absolute atomic E-state index is 0.0593. The number of carbonyl (C=O) groups excluding carboxylic acids is 1. The van der Waals surface area contributed by atoms with E-state index < -0.39 is 5.82 Å². The van der Waals surface area contributed by atoms with Crippen LogP contribution < -0.4 is 4.74 Å². The molecule has 0 spiro atoms. The highest BCUT2D eigenvalue weighted by molar-refractivity contribution is 6.30. The van der Waals surface area contributed by atoms with E-state index in [0.29, 0.717) is 11.1 Å². The van der Waals surface area contributed by atoms with E-state index in [2.05, 4.69) is 0 Å². The Labute approximate surface area is 86.6 Å². The Morgan fingerprint density at radius 1 is 1.57 bits per heavy atom. The van der Waals surface area contributed by atoms with Gasteiger partial charge < -0.3 is 4.74 Å². The molecule has 76 valence electrons. The minimum atomic E-state index is -0.476. The topological polar surface area (TPSA) is 26.3 Å². The van der Waals surface area contributed by atoms with E-state index in [9.17, 15) is 9.18 Å². The summed E-state index contributed by atoms with van der Waals surface area (Å²) >= 11 is 5.41. The minimum Gasteiger partial charge on any atom is -0.494 e. The quantitative estimate of drug-likeness (QED) is 0.574. The zero-order chi connectivity index (χ0) is 10.7. The van der Waals surface area contributed by atoms with E-state index in [1.807, 2.05) is 0 Å². The van der Waals surface area contributed by atoms with Gasteiger partial charge in [0, 0.05) is 5.56 Å². The normalized spacial score (nSPS) is 10.0. The standard InChI is InChI=1S/C10H10ClFO2/c1-6-3-8(12)10(14-2)4-7(6)9(13)5-11/h3-4H,5H2,1-2H3. The van der Waals surface area contributed by atoms with Crippen LogP contribution in [0.5, 0.6) is 5.75 Å². The summed E-state index contributed by atoms with van der Waals surface area (Å²) in [6.07, 6.45) is 0. The maximum atomic E-state index is 13.1. The first-order valence-corrected chi connectivity index (χ1v) is 4.57. The molecule has 0 N–H and O–H groups in total. The summed E-state index contributed by atoms with van der Waals surface area (Å²) in [5, 5.41) is 0. The number of ketones is 1. The van der Waals surface area contributed by atoms with E-state index in [-0.39, 0.29) is 17.4 Å². The molecule has 4 heteroatoms. The molecule has 0 saturated heterocycles. The van der Waals surface area contributed by atoms with Crippen LogP contribution in [0.2, 0.25) is 0 Å². The first kappa shape index (κ1) is 11.0. The maximum absolute atomic E-state index is 13.1. The molecule has 0 bridgehead atoms. The Hall–Kier alpha value is -1.09. The molecular weight excluding hydrogens is 207 g/mol. The number of methoxy groups -OCH3 is 1. The zero-order valence-electron chi connectivity index (χ0n) is 7.93. The van der Waals surface area contributed by atoms with E-state index in [4.69, 9.17) is 16.3 Å². The van der Waals surface area contributed by atoms with E-state index in [1.54, 1.807) is 6.92 Å². The second kappa shape index (κ2) is 4.42. The van der Waals surface area contributed by atoms with E-state index >= 15 is 0 Å². The highest BCUT2D eigenvalue weighted by Gasteiger charge is 2.12. The van der Waals surface area contributed by atoms with Crippen LogP contribution in [-0.4, -0.2) is 18.8 Å². The molecule has 0 aliphatic heterocycles. The van der Waals surface area contributed by atoms with E-state index in [1.165, 1.54) is 19.2 Å². The molecule has 0 aliphatic rings. The molecule has 0 radical (unpaired) electrons. The fraction of sp³-hybridized carbons (Fsp3) is 0.300. The van der Waals surface area contributed by atoms with Crippen molar-refractivity contribution >= 4 is 17.4 Å². The van der Waals surface area contributed by atoms with Gasteiger partial charge in [-0.2, -0.15) is 0 Å². The van der Waals surface area contributed by atoms with Crippen LogP contribution in [0.25, 0.3) is 0 Å². The number of hydrogen-bond acceptors (Lipinski definition) is 2. The van der Waals surface area contributed by atoms with Crippen molar-refractivity contribution in [1.29, 1.82) is 0 Å². The number of rotatable bonds is 3. The Balaban J connectivity index is 3.24. The molecule has 1 aromatic carbocycles. The molecule has 0 aromatic heterocycles. The van der Waals surface area contributed by atoms with Crippen molar-refractivity contribution in [2.24, 2.45) is 0 Å². The first-order valence-electron chi connectivity index (χ1n) is 4.03. The van der Waals surface area contributed by atoms with Gasteiger partial charge in [-0.1, -0.05) is 0 Å². The summed E-state index contributed by atoms with van der Waals surface area (Å²) < 4.78 is 17.9. The van der Waals surface area contributed by atoms with Crippen LogP contribution in [0.4, 0.5) is 4.39 Å². The number of ether oxygens (including phenoxy) is 1. The highest BCUT2D eigenvalue weighted by Crippen LogP contribution is 2.22. The Bertz CT molecular complexity index is 363. The molecule has 0 amide bonds. The molecular formula is C10H10ClFO2. The molecule has 1 rings (SSSR count). The molecule has 0 saturated carbocycles. The van der Waals surface area contributed by atoms with Gasteiger partial charge in [0.25, 0.3) is 0 Å². The smallest absolute Gasteiger partial charge is 0.177 e. The third kappa shape index (κ3) is 2.04. The second-order valence-electron chi connectivity index (χ2n) is 2.86. The Morgan fingerprint density at radius 3 is 2.71 bits per heavy atom. The van der Waals surface area contributed by atoms with Gasteiger partial charge in [0.15, 0.2) is 17.3 Å². The third-order valence-corrected chi connectivity index (χ3v) is 2.16. The monoisotopic (exact) mass is 216 g/mol. The summed E-state index contributed by atoms with van der Waals surface area (Å²) in [7, 11) is 1.35. The second-order valence-corrected chi connectivity index (χ2v) is 3.13. The van der Waals surface area contributed by atoms with Crippen molar-refractivity contribution in [3.05, 3.63) is 29.1 Å². The van der Waals surface area contributed by atoms with Crippen molar-refractivity contribution in [3.63, 3.8) is 0 Å². The Kier molecular flexibility index (Phi) is 3.47. The number of aryl methyl sites for hydroxylation is 1. The van der Waals surface area contributed by atoms with Crippen LogP contribution >= 0.6 is 11.6 Å². The lowest BCUT2D eigenvalue weighted by Crippen LogP contribution is -2.04. The average Bonchev–Trinajstić information content (AvgIpc) is 2.17. The van der Waals surface area contributed by atoms with Crippen molar-refractivity contribution in [2.45, 2.75) is 6.92 Å². The lowest BCUT2D eigenvalue weighted by atomic mass is 10.0. The van der Waals surface area contributed by atoms with Gasteiger partial charge >= 0.3 is 0 Å². The predicted octanol–water partition coefficient (Wildman–Crippen LogP) is 2.56. The first-order chi connectivity index (χ1) is 6.60. The molecule has 0 heterocycles. The molecule has 2 nitrogen and oxygen atoms in total. The van der Waals surface area contributed by atoms with Gasteiger partial charge in [-0.15, -0.1) is 11.6 Å². The van der Waals surface area contributed by atoms with Crippen molar-refractivity contribution in [1.82, 2.24) is 0 Å².